The van der Waals surface area contributed by atoms with E-state index in [0.29, 0.717) is 34.1 Å². The zero-order chi connectivity index (χ0) is 19.7. The molecule has 0 spiro atoms. The Kier molecular flexibility index (Phi) is 5.09. The van der Waals surface area contributed by atoms with Crippen LogP contribution in [0.25, 0.3) is 11.3 Å². The number of amides is 1. The summed E-state index contributed by atoms with van der Waals surface area (Å²) >= 11 is 6.34. The van der Waals surface area contributed by atoms with Gasteiger partial charge in [0.05, 0.1) is 18.2 Å². The second kappa shape index (κ2) is 7.68. The van der Waals surface area contributed by atoms with Gasteiger partial charge in [-0.05, 0) is 43.5 Å². The molecule has 1 aliphatic heterocycles. The van der Waals surface area contributed by atoms with E-state index in [-0.39, 0.29) is 11.9 Å². The van der Waals surface area contributed by atoms with E-state index in [2.05, 4.69) is 5.16 Å². The number of hydrogen-bond acceptors (Lipinski definition) is 4. The van der Waals surface area contributed by atoms with Crippen molar-refractivity contribution in [1.29, 1.82) is 0 Å². The molecule has 0 saturated carbocycles. The van der Waals surface area contributed by atoms with Gasteiger partial charge in [0, 0.05) is 12.1 Å². The van der Waals surface area contributed by atoms with Crippen LogP contribution in [0.5, 0.6) is 5.75 Å². The number of carbonyl (C=O) groups excluding carboxylic acids is 1. The van der Waals surface area contributed by atoms with Gasteiger partial charge in [0.1, 0.15) is 22.8 Å². The summed E-state index contributed by atoms with van der Waals surface area (Å²) in [5.41, 5.74) is 2.77. The molecule has 6 heteroatoms. The number of hydrogen-bond donors (Lipinski definition) is 0. The number of ether oxygens (including phenoxy) is 1. The average Bonchev–Trinajstić information content (AvgIpc) is 3.35. The quantitative estimate of drug-likeness (QED) is 0.601. The molecule has 0 bridgehead atoms. The Hall–Kier alpha value is -2.79. The lowest BCUT2D eigenvalue weighted by atomic mass is 10.0. The third-order valence-corrected chi connectivity index (χ3v) is 5.55. The van der Waals surface area contributed by atoms with Gasteiger partial charge in [-0.2, -0.15) is 0 Å². The lowest BCUT2D eigenvalue weighted by Gasteiger charge is -2.25. The van der Waals surface area contributed by atoms with E-state index in [1.54, 1.807) is 20.1 Å². The van der Waals surface area contributed by atoms with Crippen molar-refractivity contribution in [2.45, 2.75) is 25.8 Å². The van der Waals surface area contributed by atoms with Crippen LogP contribution in [0.4, 0.5) is 0 Å². The van der Waals surface area contributed by atoms with E-state index in [1.165, 1.54) is 0 Å². The predicted molar refractivity (Wildman–Crippen MR) is 108 cm³/mol. The van der Waals surface area contributed by atoms with Gasteiger partial charge in [-0.25, -0.2) is 0 Å². The predicted octanol–water partition coefficient (Wildman–Crippen LogP) is 5.29. The maximum absolute atomic E-state index is 13.5. The third-order valence-electron chi connectivity index (χ3n) is 5.22. The molecule has 2 heterocycles. The van der Waals surface area contributed by atoms with Crippen molar-refractivity contribution >= 4 is 17.5 Å². The molecule has 1 aliphatic rings. The minimum absolute atomic E-state index is 0.0202. The van der Waals surface area contributed by atoms with Gasteiger partial charge in [0.2, 0.25) is 0 Å². The lowest BCUT2D eigenvalue weighted by Crippen LogP contribution is -2.31. The number of rotatable bonds is 4. The van der Waals surface area contributed by atoms with Gasteiger partial charge in [0.15, 0.2) is 0 Å². The minimum Gasteiger partial charge on any atom is -0.497 e. The molecule has 1 fully saturated rings. The first-order chi connectivity index (χ1) is 13.6. The molecule has 1 aromatic heterocycles. The molecule has 0 unspecified atom stereocenters. The number of nitrogens with zero attached hydrogens (tertiary/aromatic N) is 2. The van der Waals surface area contributed by atoms with Crippen LogP contribution in [0.1, 0.15) is 40.6 Å². The smallest absolute Gasteiger partial charge is 0.260 e. The largest absolute Gasteiger partial charge is 0.497 e. The Morgan fingerprint density at radius 1 is 1.21 bits per heavy atom. The topological polar surface area (TPSA) is 55.6 Å². The fraction of sp³-hybridized carbons (Fsp3) is 0.273. The van der Waals surface area contributed by atoms with Crippen LogP contribution in [0, 0.1) is 6.92 Å². The first-order valence-electron chi connectivity index (χ1n) is 9.26. The molecule has 3 aromatic rings. The molecule has 1 saturated heterocycles. The summed E-state index contributed by atoms with van der Waals surface area (Å²) in [6.07, 6.45) is 1.87. The summed E-state index contributed by atoms with van der Waals surface area (Å²) in [6.45, 7) is 2.46. The highest BCUT2D eigenvalue weighted by Gasteiger charge is 2.34. The summed E-state index contributed by atoms with van der Waals surface area (Å²) in [7, 11) is 1.64. The number of aromatic nitrogens is 1. The highest BCUT2D eigenvalue weighted by molar-refractivity contribution is 6.33. The number of aryl methyl sites for hydroxylation is 1. The van der Waals surface area contributed by atoms with Gasteiger partial charge < -0.3 is 14.2 Å². The molecule has 0 aliphatic carbocycles. The van der Waals surface area contributed by atoms with Crippen molar-refractivity contribution in [3.05, 3.63) is 70.4 Å². The van der Waals surface area contributed by atoms with Crippen molar-refractivity contribution in [3.63, 3.8) is 0 Å². The van der Waals surface area contributed by atoms with Crippen molar-refractivity contribution in [2.24, 2.45) is 0 Å². The molecule has 144 valence electrons. The average molecular weight is 397 g/mol. The Bertz CT molecular complexity index is 997. The number of halogens is 1. The van der Waals surface area contributed by atoms with Crippen LogP contribution in [-0.2, 0) is 0 Å². The fourth-order valence-corrected chi connectivity index (χ4v) is 4.01. The van der Waals surface area contributed by atoms with Gasteiger partial charge in [-0.15, -0.1) is 0 Å². The summed E-state index contributed by atoms with van der Waals surface area (Å²) in [4.78, 5) is 15.4. The standard InChI is InChI=1S/C22H21ClN2O3/c1-14-20(21(24-28-14)17-6-3-4-7-18(17)23)22(26)25-13-5-8-19(25)15-9-11-16(27-2)12-10-15/h3-4,6-7,9-12,19H,5,8,13H2,1-2H3/t19-/m1/s1. The zero-order valence-electron chi connectivity index (χ0n) is 15.8. The summed E-state index contributed by atoms with van der Waals surface area (Å²) in [5.74, 6) is 1.22. The second-order valence-corrected chi connectivity index (χ2v) is 7.28. The lowest BCUT2D eigenvalue weighted by molar-refractivity contribution is 0.0734. The van der Waals surface area contributed by atoms with Crippen LogP contribution in [-0.4, -0.2) is 29.6 Å². The van der Waals surface area contributed by atoms with E-state index in [0.717, 1.165) is 24.2 Å². The molecule has 1 amide bonds. The monoisotopic (exact) mass is 396 g/mol. The van der Waals surface area contributed by atoms with Crippen LogP contribution >= 0.6 is 11.6 Å². The molecule has 2 aromatic carbocycles. The first kappa shape index (κ1) is 18.6. The molecule has 5 nitrogen and oxygen atoms in total. The highest BCUT2D eigenvalue weighted by atomic mass is 35.5. The maximum Gasteiger partial charge on any atom is 0.260 e. The highest BCUT2D eigenvalue weighted by Crippen LogP contribution is 2.37. The van der Waals surface area contributed by atoms with Crippen LogP contribution < -0.4 is 4.74 Å². The Morgan fingerprint density at radius 2 is 1.96 bits per heavy atom. The van der Waals surface area contributed by atoms with Gasteiger partial charge in [-0.3, -0.25) is 4.79 Å². The summed E-state index contributed by atoms with van der Waals surface area (Å²) < 4.78 is 10.6. The van der Waals surface area contributed by atoms with Crippen molar-refractivity contribution < 1.29 is 14.1 Å². The molecule has 4 rings (SSSR count). The second-order valence-electron chi connectivity index (χ2n) is 6.87. The van der Waals surface area contributed by atoms with E-state index in [9.17, 15) is 4.79 Å². The normalized spacial score (nSPS) is 16.4. The van der Waals surface area contributed by atoms with E-state index in [4.69, 9.17) is 20.9 Å². The Balaban J connectivity index is 1.69. The van der Waals surface area contributed by atoms with Crippen molar-refractivity contribution in [1.82, 2.24) is 10.1 Å². The molecule has 0 N–H and O–H groups in total. The number of likely N-dealkylation sites (tertiary alicyclic amines) is 1. The van der Waals surface area contributed by atoms with Crippen LogP contribution in [0.2, 0.25) is 5.02 Å². The molecule has 1 atom stereocenters. The van der Waals surface area contributed by atoms with Crippen molar-refractivity contribution in [2.75, 3.05) is 13.7 Å². The first-order valence-corrected chi connectivity index (χ1v) is 9.64. The van der Waals surface area contributed by atoms with Crippen LogP contribution in [0.15, 0.2) is 53.1 Å². The Labute approximate surface area is 168 Å². The van der Waals surface area contributed by atoms with Crippen molar-refractivity contribution in [3.8, 4) is 17.0 Å². The van der Waals surface area contributed by atoms with Gasteiger partial charge in [-0.1, -0.05) is 47.1 Å². The molecule has 28 heavy (non-hydrogen) atoms. The van der Waals surface area contributed by atoms with E-state index >= 15 is 0 Å². The van der Waals surface area contributed by atoms with Gasteiger partial charge >= 0.3 is 0 Å². The molecular weight excluding hydrogens is 376 g/mol. The maximum atomic E-state index is 13.5. The number of methoxy groups -OCH3 is 1. The molecular formula is C22H21ClN2O3. The van der Waals surface area contributed by atoms with Gasteiger partial charge in [0.25, 0.3) is 5.91 Å². The van der Waals surface area contributed by atoms with E-state index in [1.807, 2.05) is 47.4 Å². The molecule has 0 radical (unpaired) electrons. The van der Waals surface area contributed by atoms with Crippen LogP contribution in [0.3, 0.4) is 0 Å². The fourth-order valence-electron chi connectivity index (χ4n) is 3.79. The SMILES string of the molecule is COc1ccc([C@H]2CCCN2C(=O)c2c(-c3ccccc3Cl)noc2C)cc1. The summed E-state index contributed by atoms with van der Waals surface area (Å²) in [6, 6.07) is 15.3. The number of carbonyl (C=O) groups is 1. The minimum atomic E-state index is -0.0769. The van der Waals surface area contributed by atoms with E-state index < -0.39 is 0 Å². The Morgan fingerprint density at radius 3 is 2.68 bits per heavy atom. The summed E-state index contributed by atoms with van der Waals surface area (Å²) in [5, 5.41) is 4.68. The third kappa shape index (κ3) is 3.27. The number of benzene rings is 2. The zero-order valence-corrected chi connectivity index (χ0v) is 16.6.